The second kappa shape index (κ2) is 4.28. The Morgan fingerprint density at radius 2 is 2.13 bits per heavy atom. The average Bonchev–Trinajstić information content (AvgIpc) is 2.63. The Morgan fingerprint density at radius 1 is 1.33 bits per heavy atom. The molecule has 3 nitrogen and oxygen atoms in total. The van der Waals surface area contributed by atoms with Gasteiger partial charge in [-0.15, -0.1) is 0 Å². The number of ketones is 1. The third-order valence-electron chi connectivity index (χ3n) is 1.79. The van der Waals surface area contributed by atoms with Gasteiger partial charge in [0.1, 0.15) is 0 Å². The van der Waals surface area contributed by atoms with E-state index in [1.54, 1.807) is 18.3 Å². The Hall–Kier alpha value is -0.940. The molecule has 0 amide bonds. The van der Waals surface area contributed by atoms with Crippen molar-refractivity contribution in [2.24, 2.45) is 0 Å². The zero-order valence-corrected chi connectivity index (χ0v) is 10.6. The van der Waals surface area contributed by atoms with Crippen LogP contribution in [0.1, 0.15) is 16.1 Å². The molecule has 0 bridgehead atoms. The largest absolute Gasteiger partial charge is 0.460 e. The average molecular weight is 331 g/mol. The van der Waals surface area contributed by atoms with Gasteiger partial charge in [-0.2, -0.15) is 0 Å². The molecule has 0 saturated heterocycles. The minimum absolute atomic E-state index is 0.194. The molecule has 0 radical (unpaired) electrons. The molecule has 0 saturated carbocycles. The van der Waals surface area contributed by atoms with Crippen LogP contribution >= 0.6 is 31.9 Å². The van der Waals surface area contributed by atoms with Gasteiger partial charge < -0.3 is 4.42 Å². The molecule has 0 atom stereocenters. The van der Waals surface area contributed by atoms with Gasteiger partial charge in [-0.05, 0) is 44.0 Å². The fraction of sp³-hybridized carbons (Fsp3) is 0. The molecule has 2 heterocycles. The van der Waals surface area contributed by atoms with Crippen LogP contribution in [0.4, 0.5) is 0 Å². The molecule has 0 spiro atoms. The highest BCUT2D eigenvalue weighted by atomic mass is 79.9. The molecule has 0 fully saturated rings. The van der Waals surface area contributed by atoms with Gasteiger partial charge in [0.2, 0.25) is 5.78 Å². The van der Waals surface area contributed by atoms with E-state index in [0.717, 1.165) is 4.47 Å². The maximum absolute atomic E-state index is 11.9. The lowest BCUT2D eigenvalue weighted by Crippen LogP contribution is -2.00. The maximum atomic E-state index is 11.9. The minimum atomic E-state index is -0.194. The Kier molecular flexibility index (Phi) is 3.02. The van der Waals surface area contributed by atoms with Crippen molar-refractivity contribution < 1.29 is 9.21 Å². The number of furan rings is 1. The third-order valence-corrected chi connectivity index (χ3v) is 2.85. The van der Waals surface area contributed by atoms with E-state index in [-0.39, 0.29) is 11.5 Å². The molecule has 2 rings (SSSR count). The van der Waals surface area contributed by atoms with E-state index >= 15 is 0 Å². The second-order valence-corrected chi connectivity index (χ2v) is 4.59. The van der Waals surface area contributed by atoms with Crippen molar-refractivity contribution in [1.29, 1.82) is 0 Å². The quantitative estimate of drug-likeness (QED) is 0.792. The van der Waals surface area contributed by atoms with E-state index in [1.807, 2.05) is 0 Å². The maximum Gasteiger partial charge on any atom is 0.230 e. The topological polar surface area (TPSA) is 43.1 Å². The van der Waals surface area contributed by atoms with Crippen LogP contribution in [-0.2, 0) is 0 Å². The standard InChI is InChI=1S/C10H5Br2NO2/c11-7-3-6(4-13-5-7)9(14)10-8(12)1-2-15-10/h1-5H. The summed E-state index contributed by atoms with van der Waals surface area (Å²) in [6.45, 7) is 0. The van der Waals surface area contributed by atoms with Crippen molar-refractivity contribution in [1.82, 2.24) is 4.98 Å². The van der Waals surface area contributed by atoms with Crippen molar-refractivity contribution in [2.75, 3.05) is 0 Å². The normalized spacial score (nSPS) is 10.3. The minimum Gasteiger partial charge on any atom is -0.460 e. The number of pyridine rings is 1. The molecule has 0 N–H and O–H groups in total. The van der Waals surface area contributed by atoms with Gasteiger partial charge >= 0.3 is 0 Å². The summed E-state index contributed by atoms with van der Waals surface area (Å²) >= 11 is 6.49. The van der Waals surface area contributed by atoms with Gasteiger partial charge in [-0.1, -0.05) is 0 Å². The van der Waals surface area contributed by atoms with E-state index in [9.17, 15) is 4.79 Å². The van der Waals surface area contributed by atoms with Crippen LogP contribution in [0.25, 0.3) is 0 Å². The van der Waals surface area contributed by atoms with Gasteiger partial charge in [0.05, 0.1) is 10.7 Å². The fourth-order valence-electron chi connectivity index (χ4n) is 1.12. The van der Waals surface area contributed by atoms with Gasteiger partial charge in [0.25, 0.3) is 0 Å². The van der Waals surface area contributed by atoms with E-state index in [2.05, 4.69) is 36.8 Å². The molecular weight excluding hydrogens is 326 g/mol. The van der Waals surface area contributed by atoms with Crippen molar-refractivity contribution in [3.8, 4) is 0 Å². The number of carbonyl (C=O) groups is 1. The van der Waals surface area contributed by atoms with E-state index in [1.165, 1.54) is 12.5 Å². The summed E-state index contributed by atoms with van der Waals surface area (Å²) in [5.74, 6) is 0.0931. The molecule has 0 aliphatic rings. The summed E-state index contributed by atoms with van der Waals surface area (Å²) < 4.78 is 6.49. The summed E-state index contributed by atoms with van der Waals surface area (Å²) in [6.07, 6.45) is 4.58. The molecule has 0 aliphatic heterocycles. The first-order valence-electron chi connectivity index (χ1n) is 4.07. The van der Waals surface area contributed by atoms with Crippen LogP contribution in [0.2, 0.25) is 0 Å². The van der Waals surface area contributed by atoms with Crippen LogP contribution in [0, 0.1) is 0 Å². The number of carbonyl (C=O) groups excluding carboxylic acids is 1. The van der Waals surface area contributed by atoms with E-state index < -0.39 is 0 Å². The summed E-state index contributed by atoms with van der Waals surface area (Å²) in [7, 11) is 0. The lowest BCUT2D eigenvalue weighted by atomic mass is 10.1. The molecule has 0 unspecified atom stereocenters. The number of nitrogens with zero attached hydrogens (tertiary/aromatic N) is 1. The highest BCUT2D eigenvalue weighted by Gasteiger charge is 2.16. The molecule has 0 aliphatic carbocycles. The van der Waals surface area contributed by atoms with Gasteiger partial charge in [0, 0.05) is 22.4 Å². The molecule has 2 aromatic heterocycles. The van der Waals surface area contributed by atoms with Crippen LogP contribution in [0.5, 0.6) is 0 Å². The van der Waals surface area contributed by atoms with Crippen molar-refractivity contribution in [3.05, 3.63) is 51.1 Å². The van der Waals surface area contributed by atoms with Crippen LogP contribution in [-0.4, -0.2) is 10.8 Å². The summed E-state index contributed by atoms with van der Waals surface area (Å²) in [5.41, 5.74) is 0.486. The number of rotatable bonds is 2. The lowest BCUT2D eigenvalue weighted by molar-refractivity contribution is 0.101. The van der Waals surface area contributed by atoms with Gasteiger partial charge in [0.15, 0.2) is 5.76 Å². The summed E-state index contributed by atoms with van der Waals surface area (Å²) in [4.78, 5) is 15.8. The number of halogens is 2. The highest BCUT2D eigenvalue weighted by Crippen LogP contribution is 2.21. The molecule has 5 heteroatoms. The van der Waals surface area contributed by atoms with Gasteiger partial charge in [-0.3, -0.25) is 9.78 Å². The molecular formula is C10H5Br2NO2. The Labute approximate surface area is 103 Å². The lowest BCUT2D eigenvalue weighted by Gasteiger charge is -1.98. The van der Waals surface area contributed by atoms with Gasteiger partial charge in [-0.25, -0.2) is 0 Å². The number of aromatic nitrogens is 1. The second-order valence-electron chi connectivity index (χ2n) is 2.82. The molecule has 15 heavy (non-hydrogen) atoms. The Balaban J connectivity index is 2.41. The zero-order chi connectivity index (χ0) is 10.8. The van der Waals surface area contributed by atoms with Crippen molar-refractivity contribution >= 4 is 37.6 Å². The van der Waals surface area contributed by atoms with E-state index in [0.29, 0.717) is 10.0 Å². The first-order chi connectivity index (χ1) is 7.18. The Bertz CT molecular complexity index is 508. The molecule has 0 aromatic carbocycles. The molecule has 2 aromatic rings. The fourth-order valence-corrected chi connectivity index (χ4v) is 1.87. The Morgan fingerprint density at radius 3 is 2.73 bits per heavy atom. The van der Waals surface area contributed by atoms with Crippen LogP contribution in [0.3, 0.4) is 0 Å². The first kappa shape index (κ1) is 10.6. The number of hydrogen-bond donors (Lipinski definition) is 0. The predicted molar refractivity (Wildman–Crippen MR) is 61.8 cm³/mol. The van der Waals surface area contributed by atoms with E-state index in [4.69, 9.17) is 4.42 Å². The summed E-state index contributed by atoms with van der Waals surface area (Å²) in [5, 5.41) is 0. The van der Waals surface area contributed by atoms with Crippen molar-refractivity contribution in [3.63, 3.8) is 0 Å². The summed E-state index contributed by atoms with van der Waals surface area (Å²) in [6, 6.07) is 3.38. The number of hydrogen-bond acceptors (Lipinski definition) is 3. The third kappa shape index (κ3) is 2.18. The smallest absolute Gasteiger partial charge is 0.230 e. The first-order valence-corrected chi connectivity index (χ1v) is 5.65. The molecule has 76 valence electrons. The zero-order valence-electron chi connectivity index (χ0n) is 7.41. The van der Waals surface area contributed by atoms with Crippen molar-refractivity contribution in [2.45, 2.75) is 0 Å². The highest BCUT2D eigenvalue weighted by molar-refractivity contribution is 9.10. The van der Waals surface area contributed by atoms with Crippen LogP contribution in [0.15, 0.2) is 44.2 Å². The SMILES string of the molecule is O=C(c1cncc(Br)c1)c1occc1Br. The van der Waals surface area contributed by atoms with Crippen LogP contribution < -0.4 is 0 Å². The predicted octanol–water partition coefficient (Wildman–Crippen LogP) is 3.43. The monoisotopic (exact) mass is 329 g/mol.